The van der Waals surface area contributed by atoms with Gasteiger partial charge in [-0.15, -0.1) is 0 Å². The molecule has 3 heterocycles. The fourth-order valence-electron chi connectivity index (χ4n) is 3.15. The number of hydrogen-bond donors (Lipinski definition) is 2. The van der Waals surface area contributed by atoms with E-state index in [1.165, 1.54) is 24.6 Å². The SMILES string of the molecule is O=C(Cn1cc(C2CC2)cn1)NC1CCN(c2ncc[nH]c2=O)C1. The van der Waals surface area contributed by atoms with Gasteiger partial charge in [-0.2, -0.15) is 5.10 Å². The number of anilines is 1. The highest BCUT2D eigenvalue weighted by Crippen LogP contribution is 2.39. The van der Waals surface area contributed by atoms with Crippen molar-refractivity contribution in [1.82, 2.24) is 25.1 Å². The third-order valence-electron chi connectivity index (χ3n) is 4.55. The molecule has 0 bridgehead atoms. The lowest BCUT2D eigenvalue weighted by atomic mass is 10.2. The number of aromatic amines is 1. The molecule has 0 aromatic carbocycles. The monoisotopic (exact) mass is 328 g/mol. The van der Waals surface area contributed by atoms with Gasteiger partial charge in [0.05, 0.1) is 6.20 Å². The van der Waals surface area contributed by atoms with Gasteiger partial charge in [-0.3, -0.25) is 14.3 Å². The van der Waals surface area contributed by atoms with Gasteiger partial charge >= 0.3 is 0 Å². The Labute approximate surface area is 138 Å². The summed E-state index contributed by atoms with van der Waals surface area (Å²) in [7, 11) is 0. The summed E-state index contributed by atoms with van der Waals surface area (Å²) in [6.45, 7) is 1.53. The molecule has 2 aromatic heterocycles. The van der Waals surface area contributed by atoms with E-state index in [2.05, 4.69) is 20.4 Å². The molecule has 0 radical (unpaired) electrons. The molecule has 126 valence electrons. The summed E-state index contributed by atoms with van der Waals surface area (Å²) >= 11 is 0. The normalized spacial score (nSPS) is 20.3. The Kier molecular flexibility index (Phi) is 3.79. The molecular weight excluding hydrogens is 308 g/mol. The summed E-state index contributed by atoms with van der Waals surface area (Å²) in [5, 5.41) is 7.28. The van der Waals surface area contributed by atoms with Crippen molar-refractivity contribution in [3.63, 3.8) is 0 Å². The van der Waals surface area contributed by atoms with E-state index in [0.29, 0.717) is 24.8 Å². The summed E-state index contributed by atoms with van der Waals surface area (Å²) in [4.78, 5) is 32.6. The van der Waals surface area contributed by atoms with Gasteiger partial charge in [-0.05, 0) is 30.7 Å². The van der Waals surface area contributed by atoms with Crippen LogP contribution < -0.4 is 15.8 Å². The van der Waals surface area contributed by atoms with E-state index >= 15 is 0 Å². The van der Waals surface area contributed by atoms with Crippen molar-refractivity contribution in [2.45, 2.75) is 37.8 Å². The second-order valence-electron chi connectivity index (χ2n) is 6.49. The molecule has 24 heavy (non-hydrogen) atoms. The number of carbonyl (C=O) groups excluding carboxylic acids is 1. The van der Waals surface area contributed by atoms with Gasteiger partial charge in [0.2, 0.25) is 5.91 Å². The molecule has 1 unspecified atom stereocenters. The molecule has 0 spiro atoms. The average Bonchev–Trinajstić information content (AvgIpc) is 3.15. The minimum Gasteiger partial charge on any atom is -0.350 e. The zero-order valence-electron chi connectivity index (χ0n) is 13.3. The van der Waals surface area contributed by atoms with Gasteiger partial charge < -0.3 is 15.2 Å². The van der Waals surface area contributed by atoms with Crippen molar-refractivity contribution in [1.29, 1.82) is 0 Å². The van der Waals surface area contributed by atoms with Crippen LogP contribution in [0.5, 0.6) is 0 Å². The fourth-order valence-corrected chi connectivity index (χ4v) is 3.15. The summed E-state index contributed by atoms with van der Waals surface area (Å²) in [5.41, 5.74) is 1.03. The number of hydrogen-bond acceptors (Lipinski definition) is 5. The average molecular weight is 328 g/mol. The molecule has 4 rings (SSSR count). The van der Waals surface area contributed by atoms with Crippen molar-refractivity contribution in [2.24, 2.45) is 0 Å². The Morgan fingerprint density at radius 1 is 1.38 bits per heavy atom. The van der Waals surface area contributed by atoms with Crippen molar-refractivity contribution in [3.05, 3.63) is 40.7 Å². The number of nitrogens with zero attached hydrogens (tertiary/aromatic N) is 4. The van der Waals surface area contributed by atoms with E-state index in [4.69, 9.17) is 0 Å². The van der Waals surface area contributed by atoms with Crippen LogP contribution in [0.15, 0.2) is 29.6 Å². The van der Waals surface area contributed by atoms with Crippen LogP contribution in [-0.4, -0.2) is 44.8 Å². The van der Waals surface area contributed by atoms with E-state index in [-0.39, 0.29) is 24.1 Å². The third-order valence-corrected chi connectivity index (χ3v) is 4.55. The topological polar surface area (TPSA) is 95.9 Å². The zero-order valence-corrected chi connectivity index (χ0v) is 13.3. The Balaban J connectivity index is 1.31. The van der Waals surface area contributed by atoms with Gasteiger partial charge in [0.1, 0.15) is 6.54 Å². The summed E-state index contributed by atoms with van der Waals surface area (Å²) in [6.07, 6.45) is 10.2. The third kappa shape index (κ3) is 3.17. The molecule has 2 aliphatic rings. The van der Waals surface area contributed by atoms with Crippen LogP contribution in [0.3, 0.4) is 0 Å². The number of nitrogens with one attached hydrogen (secondary N) is 2. The smallest absolute Gasteiger partial charge is 0.290 e. The van der Waals surface area contributed by atoms with Gasteiger partial charge in [0.15, 0.2) is 5.82 Å². The standard InChI is InChI=1S/C16H20N6O2/c23-14(10-22-8-12(7-19-22)11-1-2-11)20-13-3-6-21(9-13)15-16(24)18-5-4-17-15/h4-5,7-8,11,13H,1-3,6,9-10H2,(H,18,24)(H,20,23). The lowest BCUT2D eigenvalue weighted by Crippen LogP contribution is -2.39. The quantitative estimate of drug-likeness (QED) is 0.820. The van der Waals surface area contributed by atoms with Gasteiger partial charge in [0.25, 0.3) is 5.56 Å². The number of rotatable bonds is 5. The Hall–Kier alpha value is -2.64. The molecule has 1 saturated carbocycles. The predicted molar refractivity (Wildman–Crippen MR) is 87.8 cm³/mol. The highest BCUT2D eigenvalue weighted by Gasteiger charge is 2.27. The van der Waals surface area contributed by atoms with Crippen molar-refractivity contribution in [2.75, 3.05) is 18.0 Å². The highest BCUT2D eigenvalue weighted by molar-refractivity contribution is 5.76. The lowest BCUT2D eigenvalue weighted by Gasteiger charge is -2.16. The van der Waals surface area contributed by atoms with Gasteiger partial charge in [0, 0.05) is 37.7 Å². The first kappa shape index (κ1) is 14.9. The molecule has 2 N–H and O–H groups in total. The minimum atomic E-state index is -0.200. The van der Waals surface area contributed by atoms with Crippen molar-refractivity contribution in [3.8, 4) is 0 Å². The molecule has 1 aliphatic heterocycles. The van der Waals surface area contributed by atoms with Gasteiger partial charge in [-0.25, -0.2) is 4.98 Å². The van der Waals surface area contributed by atoms with Crippen molar-refractivity contribution >= 4 is 11.7 Å². The molecule has 1 amide bonds. The van der Waals surface area contributed by atoms with E-state index in [9.17, 15) is 9.59 Å². The van der Waals surface area contributed by atoms with E-state index in [1.807, 2.05) is 17.3 Å². The first-order chi connectivity index (χ1) is 11.7. The zero-order chi connectivity index (χ0) is 16.5. The molecule has 1 aliphatic carbocycles. The number of amides is 1. The maximum atomic E-state index is 12.2. The van der Waals surface area contributed by atoms with Crippen LogP contribution in [0.1, 0.15) is 30.7 Å². The van der Waals surface area contributed by atoms with Crippen LogP contribution in [0, 0.1) is 0 Å². The van der Waals surface area contributed by atoms with E-state index < -0.39 is 0 Å². The molecule has 1 atom stereocenters. The molecular formula is C16H20N6O2. The summed E-state index contributed by atoms with van der Waals surface area (Å²) in [5.74, 6) is 0.999. The van der Waals surface area contributed by atoms with Crippen LogP contribution in [-0.2, 0) is 11.3 Å². The first-order valence-corrected chi connectivity index (χ1v) is 8.29. The first-order valence-electron chi connectivity index (χ1n) is 8.29. The van der Waals surface area contributed by atoms with Crippen LogP contribution in [0.25, 0.3) is 0 Å². The molecule has 8 nitrogen and oxygen atoms in total. The Morgan fingerprint density at radius 2 is 2.25 bits per heavy atom. The van der Waals surface area contributed by atoms with E-state index in [1.54, 1.807) is 10.9 Å². The second kappa shape index (κ2) is 6.10. The summed E-state index contributed by atoms with van der Waals surface area (Å²) < 4.78 is 1.69. The molecule has 2 aromatic rings. The number of H-pyrrole nitrogens is 1. The van der Waals surface area contributed by atoms with Crippen LogP contribution in [0.2, 0.25) is 0 Å². The number of aromatic nitrogens is 4. The van der Waals surface area contributed by atoms with Crippen LogP contribution in [0.4, 0.5) is 5.82 Å². The highest BCUT2D eigenvalue weighted by atomic mass is 16.2. The molecule has 8 heteroatoms. The van der Waals surface area contributed by atoms with Crippen LogP contribution >= 0.6 is 0 Å². The van der Waals surface area contributed by atoms with E-state index in [0.717, 1.165) is 6.42 Å². The second-order valence-corrected chi connectivity index (χ2v) is 6.49. The van der Waals surface area contributed by atoms with Gasteiger partial charge in [-0.1, -0.05) is 0 Å². The maximum absolute atomic E-state index is 12.2. The predicted octanol–water partition coefficient (Wildman–Crippen LogP) is 0.239. The Morgan fingerprint density at radius 3 is 3.04 bits per heavy atom. The summed E-state index contributed by atoms with van der Waals surface area (Å²) in [6, 6.07) is 0.0253. The fraction of sp³-hybridized carbons (Fsp3) is 0.500. The lowest BCUT2D eigenvalue weighted by molar-refractivity contribution is -0.122. The molecule has 2 fully saturated rings. The number of carbonyl (C=O) groups is 1. The minimum absolute atomic E-state index is 0.0253. The maximum Gasteiger partial charge on any atom is 0.290 e. The molecule has 1 saturated heterocycles. The largest absolute Gasteiger partial charge is 0.350 e. The Bertz CT molecular complexity index is 794. The van der Waals surface area contributed by atoms with Crippen molar-refractivity contribution < 1.29 is 4.79 Å².